The van der Waals surface area contributed by atoms with Crippen LogP contribution in [-0.2, 0) is 17.8 Å². The lowest BCUT2D eigenvalue weighted by atomic mass is 9.98. The van der Waals surface area contributed by atoms with Crippen molar-refractivity contribution in [2.45, 2.75) is 25.9 Å². The molecule has 0 bridgehead atoms. The van der Waals surface area contributed by atoms with Crippen molar-refractivity contribution in [1.29, 1.82) is 0 Å². The number of amides is 1. The van der Waals surface area contributed by atoms with Crippen molar-refractivity contribution in [1.82, 2.24) is 9.80 Å². The largest absolute Gasteiger partial charge is 0.491 e. The first-order chi connectivity index (χ1) is 17.6. The van der Waals surface area contributed by atoms with Crippen molar-refractivity contribution >= 4 is 5.91 Å². The maximum Gasteiger partial charge on any atom is 0.254 e. The predicted molar refractivity (Wildman–Crippen MR) is 138 cm³/mol. The van der Waals surface area contributed by atoms with E-state index >= 15 is 0 Å². The van der Waals surface area contributed by atoms with Gasteiger partial charge in [-0.1, -0.05) is 30.3 Å². The van der Waals surface area contributed by atoms with Gasteiger partial charge in [-0.2, -0.15) is 0 Å². The maximum atomic E-state index is 13.5. The molecule has 1 atom stereocenters. The lowest BCUT2D eigenvalue weighted by Gasteiger charge is -2.32. The summed E-state index contributed by atoms with van der Waals surface area (Å²) in [7, 11) is 1.78. The molecule has 0 radical (unpaired) electrons. The third-order valence-corrected chi connectivity index (χ3v) is 7.09. The van der Waals surface area contributed by atoms with Gasteiger partial charge in [-0.15, -0.1) is 0 Å². The molecule has 6 heteroatoms. The Morgan fingerprint density at radius 1 is 1.06 bits per heavy atom. The summed E-state index contributed by atoms with van der Waals surface area (Å²) in [4.78, 5) is 17.8. The van der Waals surface area contributed by atoms with Gasteiger partial charge in [-0.05, 0) is 78.4 Å². The zero-order valence-corrected chi connectivity index (χ0v) is 20.8. The van der Waals surface area contributed by atoms with Crippen molar-refractivity contribution in [3.63, 3.8) is 0 Å². The molecule has 0 unspecified atom stereocenters. The number of benzene rings is 3. The Hall–Kier alpha value is -3.22. The van der Waals surface area contributed by atoms with Gasteiger partial charge in [0, 0.05) is 37.9 Å². The maximum absolute atomic E-state index is 13.5. The van der Waals surface area contributed by atoms with E-state index in [-0.39, 0.29) is 11.7 Å². The Labute approximate surface area is 212 Å². The van der Waals surface area contributed by atoms with Crippen LogP contribution in [0.5, 0.6) is 5.75 Å². The second kappa shape index (κ2) is 11.2. The fourth-order valence-corrected chi connectivity index (χ4v) is 5.30. The van der Waals surface area contributed by atoms with E-state index in [1.165, 1.54) is 30.5 Å². The summed E-state index contributed by atoms with van der Waals surface area (Å²) < 4.78 is 24.7. The number of piperidine rings is 1. The van der Waals surface area contributed by atoms with E-state index in [4.69, 9.17) is 9.47 Å². The number of likely N-dealkylation sites (tertiary alicyclic amines) is 1. The lowest BCUT2D eigenvalue weighted by molar-refractivity contribution is 0.0733. The van der Waals surface area contributed by atoms with Crippen LogP contribution in [-0.4, -0.2) is 55.7 Å². The van der Waals surface area contributed by atoms with Crippen LogP contribution >= 0.6 is 0 Å². The molecule has 0 aromatic heterocycles. The van der Waals surface area contributed by atoms with E-state index in [0.29, 0.717) is 31.2 Å². The van der Waals surface area contributed by atoms with E-state index in [9.17, 15) is 9.18 Å². The first-order valence-electron chi connectivity index (χ1n) is 12.7. The number of hydrogen-bond donors (Lipinski definition) is 0. The zero-order valence-electron chi connectivity index (χ0n) is 20.8. The van der Waals surface area contributed by atoms with Gasteiger partial charge < -0.3 is 14.4 Å². The number of carbonyl (C=O) groups excluding carboxylic acids is 1. The quantitative estimate of drug-likeness (QED) is 0.467. The molecule has 5 nitrogen and oxygen atoms in total. The molecule has 0 aliphatic carbocycles. The van der Waals surface area contributed by atoms with Crippen LogP contribution in [0.15, 0.2) is 66.7 Å². The molecule has 1 amide bonds. The van der Waals surface area contributed by atoms with E-state index in [1.807, 2.05) is 35.2 Å². The second-order valence-corrected chi connectivity index (χ2v) is 9.80. The van der Waals surface area contributed by atoms with E-state index in [1.54, 1.807) is 19.2 Å². The zero-order chi connectivity index (χ0) is 24.9. The van der Waals surface area contributed by atoms with Gasteiger partial charge in [0.1, 0.15) is 18.2 Å². The number of fused-ring (bicyclic) bond motifs is 1. The number of nitrogens with zero attached hydrogens (tertiary/aromatic N) is 2. The Balaban J connectivity index is 1.30. The van der Waals surface area contributed by atoms with Crippen molar-refractivity contribution in [2.75, 3.05) is 40.0 Å². The molecule has 188 valence electrons. The molecule has 2 aliphatic rings. The molecule has 5 rings (SSSR count). The normalized spacial score (nSPS) is 18.3. The molecule has 3 aromatic carbocycles. The van der Waals surface area contributed by atoms with Gasteiger partial charge in [-0.25, -0.2) is 4.39 Å². The van der Waals surface area contributed by atoms with Crippen molar-refractivity contribution in [3.05, 3.63) is 89.2 Å². The van der Waals surface area contributed by atoms with E-state index in [0.717, 1.165) is 48.7 Å². The van der Waals surface area contributed by atoms with Crippen LogP contribution in [0.3, 0.4) is 0 Å². The molecular weight excluding hydrogens is 455 g/mol. The number of hydrogen-bond acceptors (Lipinski definition) is 4. The summed E-state index contributed by atoms with van der Waals surface area (Å²) in [5, 5.41) is 0. The van der Waals surface area contributed by atoms with E-state index < -0.39 is 0 Å². The molecule has 36 heavy (non-hydrogen) atoms. The number of carbonyl (C=O) groups is 1. The van der Waals surface area contributed by atoms with Crippen LogP contribution in [0.2, 0.25) is 0 Å². The monoisotopic (exact) mass is 488 g/mol. The highest BCUT2D eigenvalue weighted by molar-refractivity contribution is 5.95. The molecule has 2 heterocycles. The Morgan fingerprint density at radius 2 is 1.92 bits per heavy atom. The van der Waals surface area contributed by atoms with Crippen molar-refractivity contribution in [3.8, 4) is 16.9 Å². The van der Waals surface area contributed by atoms with Crippen LogP contribution < -0.4 is 4.74 Å². The molecule has 1 saturated heterocycles. The predicted octanol–water partition coefficient (Wildman–Crippen LogP) is 5.39. The summed E-state index contributed by atoms with van der Waals surface area (Å²) in [5.74, 6) is 1.14. The van der Waals surface area contributed by atoms with Crippen molar-refractivity contribution in [2.24, 2.45) is 5.92 Å². The minimum absolute atomic E-state index is 0.0285. The molecule has 2 aliphatic heterocycles. The van der Waals surface area contributed by atoms with Gasteiger partial charge in [0.2, 0.25) is 0 Å². The number of rotatable bonds is 6. The second-order valence-electron chi connectivity index (χ2n) is 9.80. The highest BCUT2D eigenvalue weighted by atomic mass is 19.1. The fourth-order valence-electron chi connectivity index (χ4n) is 5.30. The van der Waals surface area contributed by atoms with Crippen LogP contribution in [0, 0.1) is 11.7 Å². The van der Waals surface area contributed by atoms with Crippen LogP contribution in [0.4, 0.5) is 4.39 Å². The molecule has 0 N–H and O–H groups in total. The molecule has 0 saturated carbocycles. The number of methoxy groups -OCH3 is 1. The van der Waals surface area contributed by atoms with Gasteiger partial charge in [0.05, 0.1) is 13.2 Å². The van der Waals surface area contributed by atoms with Crippen LogP contribution in [0.1, 0.15) is 34.3 Å². The lowest BCUT2D eigenvalue weighted by Crippen LogP contribution is -2.36. The average molecular weight is 489 g/mol. The van der Waals surface area contributed by atoms with Gasteiger partial charge in [0.25, 0.3) is 5.91 Å². The highest BCUT2D eigenvalue weighted by Gasteiger charge is 2.23. The first-order valence-corrected chi connectivity index (χ1v) is 12.7. The SMILES string of the molecule is COC[C@H]1CCCN(Cc2ccc3c(c2)CN(C(=O)c2cccc(-c4ccc(F)cc4)c2)CCO3)C1. The first kappa shape index (κ1) is 24.5. The van der Waals surface area contributed by atoms with E-state index in [2.05, 4.69) is 17.0 Å². The minimum Gasteiger partial charge on any atom is -0.491 e. The summed E-state index contributed by atoms with van der Waals surface area (Å²) >= 11 is 0. The Kier molecular flexibility index (Phi) is 7.63. The fraction of sp³-hybridized carbons (Fsp3) is 0.367. The summed E-state index contributed by atoms with van der Waals surface area (Å²) in [6.45, 7) is 5.35. The number of ether oxygens (including phenoxy) is 2. The smallest absolute Gasteiger partial charge is 0.254 e. The summed E-state index contributed by atoms with van der Waals surface area (Å²) in [6, 6.07) is 20.3. The molecule has 0 spiro atoms. The third-order valence-electron chi connectivity index (χ3n) is 7.09. The Bertz CT molecular complexity index is 1200. The third kappa shape index (κ3) is 5.77. The van der Waals surface area contributed by atoms with Gasteiger partial charge >= 0.3 is 0 Å². The highest BCUT2D eigenvalue weighted by Crippen LogP contribution is 2.28. The van der Waals surface area contributed by atoms with Crippen molar-refractivity contribution < 1.29 is 18.7 Å². The minimum atomic E-state index is -0.274. The van der Waals surface area contributed by atoms with Gasteiger partial charge in [-0.3, -0.25) is 9.69 Å². The Morgan fingerprint density at radius 3 is 2.75 bits per heavy atom. The molecular formula is C30H33FN2O3. The average Bonchev–Trinajstić information content (AvgIpc) is 3.11. The summed E-state index contributed by atoms with van der Waals surface area (Å²) in [5.41, 5.74) is 4.67. The van der Waals surface area contributed by atoms with Gasteiger partial charge in [0.15, 0.2) is 0 Å². The topological polar surface area (TPSA) is 42.0 Å². The van der Waals surface area contributed by atoms with Crippen LogP contribution in [0.25, 0.3) is 11.1 Å². The molecule has 3 aromatic rings. The molecule has 1 fully saturated rings. The standard InChI is InChI=1S/C30H33FN2O3/c1-35-21-23-4-3-13-32(19-23)18-22-7-12-29-27(16-22)20-33(14-15-36-29)30(34)26-6-2-5-25(17-26)24-8-10-28(31)11-9-24/h2,5-12,16-17,23H,3-4,13-15,18-21H2,1H3/t23-/m0/s1. The number of halogens is 1. The summed E-state index contributed by atoms with van der Waals surface area (Å²) in [6.07, 6.45) is 2.42.